The number of allylic oxidation sites excluding steroid dienone is 1. The van der Waals surface area contributed by atoms with Gasteiger partial charge in [0.05, 0.1) is 0 Å². The molecule has 0 amide bonds. The molecule has 0 fully saturated rings. The van der Waals surface area contributed by atoms with E-state index in [-0.39, 0.29) is 24.0 Å². The quantitative estimate of drug-likeness (QED) is 0.487. The molecule has 0 heterocycles. The van der Waals surface area contributed by atoms with Gasteiger partial charge in [-0.25, -0.2) is 0 Å². The molecule has 0 radical (unpaired) electrons. The van der Waals surface area contributed by atoms with Crippen molar-refractivity contribution in [2.75, 3.05) is 0 Å². The lowest BCUT2D eigenvalue weighted by atomic mass is 10.7. The summed E-state index contributed by atoms with van der Waals surface area (Å²) in [6, 6.07) is 0. The lowest BCUT2D eigenvalue weighted by Crippen LogP contribution is -1.52. The normalized spacial score (nSPS) is 7.43. The molecule has 7 heavy (non-hydrogen) atoms. The molecule has 0 bridgehead atoms. The zero-order chi connectivity index (χ0) is 4.83. The Labute approximate surface area is 60.9 Å². The van der Waals surface area contributed by atoms with Crippen LogP contribution in [0.5, 0.6) is 0 Å². The fraction of sp³-hybridized carbons (Fsp3) is 0. The number of aliphatic imine (C=N–C) groups is 1. The molecule has 40 valence electrons. The Morgan fingerprint density at radius 1 is 1.29 bits per heavy atom. The average molecular weight is 209 g/mol. The fourth-order valence-corrected chi connectivity index (χ4v) is 0.122. The highest BCUT2D eigenvalue weighted by Crippen LogP contribution is 1.61. The minimum absolute atomic E-state index is 0. The van der Waals surface area contributed by atoms with E-state index in [1.54, 1.807) is 12.3 Å². The van der Waals surface area contributed by atoms with Crippen LogP contribution in [0.25, 0.3) is 0 Å². The highest BCUT2D eigenvalue weighted by molar-refractivity contribution is 14.0. The maximum absolute atomic E-state index is 3.61. The van der Waals surface area contributed by atoms with Crippen molar-refractivity contribution >= 4 is 30.2 Å². The molecule has 0 aliphatic heterocycles. The van der Waals surface area contributed by atoms with Crippen molar-refractivity contribution < 1.29 is 0 Å². The van der Waals surface area contributed by atoms with Crippen molar-refractivity contribution in [3.8, 4) is 0 Å². The standard InChI is InChI=1S/C5H7N.HI/c1-3-5-6-4-2;/h3-5H,1-2H2;1H. The van der Waals surface area contributed by atoms with Gasteiger partial charge in [0.1, 0.15) is 0 Å². The van der Waals surface area contributed by atoms with Crippen LogP contribution in [0.15, 0.2) is 30.4 Å². The predicted molar refractivity (Wildman–Crippen MR) is 44.3 cm³/mol. The van der Waals surface area contributed by atoms with Crippen molar-refractivity contribution in [1.29, 1.82) is 0 Å². The fourth-order valence-electron chi connectivity index (χ4n) is 0.122. The minimum atomic E-state index is 0. The Morgan fingerprint density at radius 3 is 2.00 bits per heavy atom. The average Bonchev–Trinajstić information content (AvgIpc) is 1.61. The van der Waals surface area contributed by atoms with E-state index in [1.807, 2.05) is 0 Å². The molecule has 0 aromatic carbocycles. The molecule has 0 aromatic heterocycles. The van der Waals surface area contributed by atoms with Crippen molar-refractivity contribution in [2.24, 2.45) is 4.99 Å². The summed E-state index contributed by atoms with van der Waals surface area (Å²) in [5, 5.41) is 0. The van der Waals surface area contributed by atoms with Crippen LogP contribution in [-0.2, 0) is 0 Å². The summed E-state index contributed by atoms with van der Waals surface area (Å²) in [5.74, 6) is 0. The lowest BCUT2D eigenvalue weighted by molar-refractivity contribution is 1.63. The summed E-state index contributed by atoms with van der Waals surface area (Å²) in [7, 11) is 0. The Bertz CT molecular complexity index is 66.1. The van der Waals surface area contributed by atoms with Crippen LogP contribution in [0.3, 0.4) is 0 Å². The minimum Gasteiger partial charge on any atom is -0.265 e. The van der Waals surface area contributed by atoms with E-state index in [1.165, 1.54) is 6.20 Å². The highest BCUT2D eigenvalue weighted by atomic mass is 127. The molecular weight excluding hydrogens is 201 g/mol. The van der Waals surface area contributed by atoms with Gasteiger partial charge in [0.25, 0.3) is 0 Å². The topological polar surface area (TPSA) is 12.4 Å². The molecule has 0 aromatic rings. The van der Waals surface area contributed by atoms with Crippen LogP contribution in [0.1, 0.15) is 0 Å². The van der Waals surface area contributed by atoms with E-state index in [2.05, 4.69) is 18.2 Å². The van der Waals surface area contributed by atoms with Gasteiger partial charge in [-0.15, -0.1) is 24.0 Å². The van der Waals surface area contributed by atoms with E-state index in [4.69, 9.17) is 0 Å². The molecule has 0 aliphatic rings. The molecule has 0 N–H and O–H groups in total. The molecular formula is C5H8IN. The Balaban J connectivity index is 0. The van der Waals surface area contributed by atoms with E-state index in [0.29, 0.717) is 0 Å². The van der Waals surface area contributed by atoms with E-state index >= 15 is 0 Å². The molecule has 0 spiro atoms. The van der Waals surface area contributed by atoms with Crippen LogP contribution < -0.4 is 0 Å². The van der Waals surface area contributed by atoms with Gasteiger partial charge >= 0.3 is 0 Å². The largest absolute Gasteiger partial charge is 0.265 e. The molecule has 0 atom stereocenters. The van der Waals surface area contributed by atoms with Crippen molar-refractivity contribution in [2.45, 2.75) is 0 Å². The van der Waals surface area contributed by atoms with Gasteiger partial charge in [-0.2, -0.15) is 0 Å². The first kappa shape index (κ1) is 9.99. The van der Waals surface area contributed by atoms with Gasteiger partial charge in [0, 0.05) is 12.4 Å². The lowest BCUT2D eigenvalue weighted by Gasteiger charge is -1.62. The monoisotopic (exact) mass is 209 g/mol. The van der Waals surface area contributed by atoms with Crippen LogP contribution in [-0.4, -0.2) is 6.21 Å². The molecule has 0 saturated carbocycles. The third-order valence-electron chi connectivity index (χ3n) is 0.297. The Morgan fingerprint density at radius 2 is 1.86 bits per heavy atom. The summed E-state index contributed by atoms with van der Waals surface area (Å²) in [6.45, 7) is 6.75. The third kappa shape index (κ3) is 10.7. The maximum atomic E-state index is 3.61. The summed E-state index contributed by atoms with van der Waals surface area (Å²) < 4.78 is 0. The van der Waals surface area contributed by atoms with E-state index in [9.17, 15) is 0 Å². The third-order valence-corrected chi connectivity index (χ3v) is 0.297. The second-order valence-electron chi connectivity index (χ2n) is 0.716. The van der Waals surface area contributed by atoms with Gasteiger partial charge in [-0.1, -0.05) is 19.2 Å². The second-order valence-corrected chi connectivity index (χ2v) is 0.716. The Hall–Kier alpha value is -0.120. The first-order valence-electron chi connectivity index (χ1n) is 1.67. The molecule has 0 rings (SSSR count). The second kappa shape index (κ2) is 9.30. The van der Waals surface area contributed by atoms with E-state index in [0.717, 1.165) is 0 Å². The summed E-state index contributed by atoms with van der Waals surface area (Å²) in [6.07, 6.45) is 4.64. The predicted octanol–water partition coefficient (Wildman–Crippen LogP) is 2.00. The number of nitrogens with zero attached hydrogens (tertiary/aromatic N) is 1. The van der Waals surface area contributed by atoms with Crippen LogP contribution in [0.4, 0.5) is 0 Å². The van der Waals surface area contributed by atoms with Gasteiger partial charge < -0.3 is 0 Å². The van der Waals surface area contributed by atoms with Gasteiger partial charge in [-0.05, 0) is 0 Å². The van der Waals surface area contributed by atoms with Crippen molar-refractivity contribution in [3.63, 3.8) is 0 Å². The number of hydrogen-bond acceptors (Lipinski definition) is 1. The molecule has 1 nitrogen and oxygen atoms in total. The van der Waals surface area contributed by atoms with Crippen LogP contribution in [0.2, 0.25) is 0 Å². The Kier molecular flexibility index (Phi) is 13.3. The highest BCUT2D eigenvalue weighted by Gasteiger charge is 1.47. The number of rotatable bonds is 2. The smallest absolute Gasteiger partial charge is 0.0261 e. The molecule has 0 aliphatic carbocycles. The summed E-state index contributed by atoms with van der Waals surface area (Å²) in [4.78, 5) is 3.61. The van der Waals surface area contributed by atoms with Crippen LogP contribution >= 0.6 is 24.0 Å². The summed E-state index contributed by atoms with van der Waals surface area (Å²) in [5.41, 5.74) is 0. The molecule has 0 unspecified atom stereocenters. The van der Waals surface area contributed by atoms with Gasteiger partial charge in [0.2, 0.25) is 0 Å². The van der Waals surface area contributed by atoms with Crippen molar-refractivity contribution in [3.05, 3.63) is 25.4 Å². The maximum Gasteiger partial charge on any atom is 0.0261 e. The van der Waals surface area contributed by atoms with Gasteiger partial charge in [-0.3, -0.25) is 4.99 Å². The van der Waals surface area contributed by atoms with Crippen LogP contribution in [0, 0.1) is 0 Å². The van der Waals surface area contributed by atoms with Crippen molar-refractivity contribution in [1.82, 2.24) is 0 Å². The van der Waals surface area contributed by atoms with Gasteiger partial charge in [0.15, 0.2) is 0 Å². The first-order valence-corrected chi connectivity index (χ1v) is 1.67. The SMILES string of the molecule is C=CC=NC=C.I. The zero-order valence-electron chi connectivity index (χ0n) is 4.00. The number of halogens is 1. The summed E-state index contributed by atoms with van der Waals surface area (Å²) >= 11 is 0. The number of hydrogen-bond donors (Lipinski definition) is 0. The zero-order valence-corrected chi connectivity index (χ0v) is 6.33. The molecule has 2 heteroatoms. The first-order chi connectivity index (χ1) is 2.91. The van der Waals surface area contributed by atoms with E-state index < -0.39 is 0 Å². The molecule has 0 saturated heterocycles.